The fourth-order valence-corrected chi connectivity index (χ4v) is 8.01. The number of aliphatic hydroxyl groups is 4. The molecule has 2 aromatic heterocycles. The van der Waals surface area contributed by atoms with Crippen LogP contribution < -0.4 is 16.4 Å². The van der Waals surface area contributed by atoms with Crippen LogP contribution in [0.25, 0.3) is 11.2 Å². The van der Waals surface area contributed by atoms with Crippen LogP contribution in [0, 0.1) is 0 Å². The van der Waals surface area contributed by atoms with Gasteiger partial charge in [0, 0.05) is 6.42 Å². The third-order valence-corrected chi connectivity index (χ3v) is 10.8. The Balaban J connectivity index is 1.20. The molecule has 1 amide bonds. The number of aromatic nitrogens is 4. The van der Waals surface area contributed by atoms with Crippen LogP contribution in [-0.2, 0) is 45.8 Å². The molecule has 12 atom stereocenters. The summed E-state index contributed by atoms with van der Waals surface area (Å²) in [7, 11) is -16.3. The van der Waals surface area contributed by atoms with E-state index in [4.69, 9.17) is 30.0 Å². The predicted octanol–water partition coefficient (Wildman–Crippen LogP) is -4.79. The number of amides is 1. The van der Waals surface area contributed by atoms with Crippen molar-refractivity contribution in [1.82, 2.24) is 19.5 Å². The summed E-state index contributed by atoms with van der Waals surface area (Å²) in [5.41, 5.74) is 11.2. The molecular formula is C21H33N7O18P3+. The fourth-order valence-electron chi connectivity index (χ4n) is 5.38. The summed E-state index contributed by atoms with van der Waals surface area (Å²) in [4.78, 5) is 62.3. The summed E-state index contributed by atoms with van der Waals surface area (Å²) in [6, 6.07) is 0. The van der Waals surface area contributed by atoms with Gasteiger partial charge in [-0.25, -0.2) is 28.6 Å². The van der Waals surface area contributed by atoms with E-state index in [9.17, 15) is 58.5 Å². The Bertz CT molecular complexity index is 1720. The largest absolute Gasteiger partial charge is 0.481 e. The molecule has 3 aliphatic rings. The molecule has 0 saturated carbocycles. The first kappa shape index (κ1) is 37.9. The van der Waals surface area contributed by atoms with Gasteiger partial charge in [0.15, 0.2) is 30.0 Å². The zero-order valence-electron chi connectivity index (χ0n) is 24.7. The molecule has 3 aliphatic heterocycles. The van der Waals surface area contributed by atoms with Crippen LogP contribution in [0.15, 0.2) is 24.4 Å². The Kier molecular flexibility index (Phi) is 11.1. The first-order chi connectivity index (χ1) is 22.8. The molecule has 5 heterocycles. The Morgan fingerprint density at radius 3 is 2.20 bits per heavy atom. The van der Waals surface area contributed by atoms with E-state index < -0.39 is 97.9 Å². The number of carbonyl (C=O) groups excluding carboxylic acids is 1. The van der Waals surface area contributed by atoms with E-state index >= 15 is 0 Å². The number of carbonyl (C=O) groups is 1. The maximum absolute atomic E-state index is 12.6. The molecule has 0 aliphatic carbocycles. The number of rotatable bonds is 13. The summed E-state index contributed by atoms with van der Waals surface area (Å²) in [6.07, 6.45) is -11.1. The highest BCUT2D eigenvalue weighted by atomic mass is 31.3. The van der Waals surface area contributed by atoms with Crippen LogP contribution in [0.1, 0.15) is 19.1 Å². The summed E-state index contributed by atoms with van der Waals surface area (Å²) in [5.74, 6) is -0.839. The molecule has 0 radical (unpaired) electrons. The van der Waals surface area contributed by atoms with Crippen molar-refractivity contribution in [2.24, 2.45) is 5.73 Å². The number of nitrogen functional groups attached to an aromatic ring is 1. The lowest BCUT2D eigenvalue weighted by Gasteiger charge is -2.31. The molecule has 0 bridgehead atoms. The number of phosphoric ester groups is 3. The number of ether oxygens (including phenoxy) is 2. The number of imidazole rings is 1. The van der Waals surface area contributed by atoms with Crippen LogP contribution in [-0.4, -0.2) is 128 Å². The minimum absolute atomic E-state index is 0.00398. The number of primary amides is 1. The van der Waals surface area contributed by atoms with Gasteiger partial charge in [0.05, 0.1) is 25.1 Å². The van der Waals surface area contributed by atoms with Gasteiger partial charge < -0.3 is 60.9 Å². The molecular weight excluding hydrogens is 731 g/mol. The number of hydrogen-bond donors (Lipinski definition) is 11. The molecule has 12 unspecified atom stereocenters. The van der Waals surface area contributed by atoms with Crippen molar-refractivity contribution in [2.75, 3.05) is 18.9 Å². The molecule has 49 heavy (non-hydrogen) atoms. The van der Waals surface area contributed by atoms with Crippen molar-refractivity contribution in [3.63, 3.8) is 0 Å². The Morgan fingerprint density at radius 1 is 0.959 bits per heavy atom. The van der Waals surface area contributed by atoms with E-state index in [1.807, 2.05) is 0 Å². The fraction of sp³-hybridized carbons (Fsp3) is 0.619. The van der Waals surface area contributed by atoms with Gasteiger partial charge in [-0.15, -0.1) is 0 Å². The number of nitrogens with zero attached hydrogens (tertiary/aromatic N) is 4. The average Bonchev–Trinajstić information content (AvgIpc) is 3.64. The first-order valence-electron chi connectivity index (χ1n) is 14.0. The number of quaternary nitrogens is 1. The lowest BCUT2D eigenvalue weighted by atomic mass is 10.0. The molecule has 274 valence electrons. The van der Waals surface area contributed by atoms with Crippen molar-refractivity contribution in [1.29, 1.82) is 0 Å². The van der Waals surface area contributed by atoms with E-state index in [-0.39, 0.29) is 40.3 Å². The van der Waals surface area contributed by atoms with Gasteiger partial charge >= 0.3 is 23.5 Å². The van der Waals surface area contributed by atoms with Crippen LogP contribution in [0.2, 0.25) is 0 Å². The van der Waals surface area contributed by atoms with Gasteiger partial charge in [0.25, 0.3) is 0 Å². The second kappa shape index (κ2) is 14.3. The Labute approximate surface area is 274 Å². The van der Waals surface area contributed by atoms with Gasteiger partial charge in [0.1, 0.15) is 48.6 Å². The standard InChI is InChI=1S/C21H32N7O18P3/c22-17-12-19(25-6-24-17)28(7-26-12)21-16(45-47(34,35)36)14(31)10(44-21)5-42-49(39,40)46-48(37,38)41-4-9-13(30)15(32)20(43-9)27-3-8(18(23)33)1-2-11(27)29/h3,6-7,9-11,13-16,20-21,29-32H,1-2,4-5H2,(H2,23,33)(H,37,38)(H,39,40)(H2,22,24,25)(H2,34,35,36)/p+1. The number of hydrogen-bond acceptors (Lipinski definition) is 18. The molecule has 5 rings (SSSR count). The van der Waals surface area contributed by atoms with Gasteiger partial charge in [-0.3, -0.25) is 27.8 Å². The zero-order chi connectivity index (χ0) is 36.1. The number of phosphoric acid groups is 3. The second-order valence-corrected chi connectivity index (χ2v) is 15.2. The minimum atomic E-state index is -5.55. The molecule has 0 spiro atoms. The zero-order valence-corrected chi connectivity index (χ0v) is 27.4. The molecule has 25 nitrogen and oxygen atoms in total. The average molecular weight is 764 g/mol. The van der Waals surface area contributed by atoms with Crippen molar-refractivity contribution >= 4 is 46.4 Å². The van der Waals surface area contributed by atoms with Gasteiger partial charge in [0.2, 0.25) is 12.1 Å². The van der Waals surface area contributed by atoms with E-state index in [0.717, 1.165) is 17.2 Å². The SMILES string of the molecule is NC(=O)C1=C[NH+](C2OC(COP(=O)(O)OP(=O)(O)OCC3OC(n4cnc5c(N)ncnc54)C(OP(=O)(O)O)C3O)C(O)C2O)C(O)CC1. The maximum Gasteiger partial charge on any atom is 0.481 e. The topological polar surface area (TPSA) is 386 Å². The normalized spacial score (nSPS) is 34.8. The molecule has 2 saturated heterocycles. The van der Waals surface area contributed by atoms with Gasteiger partial charge in [-0.1, -0.05) is 0 Å². The minimum Gasteiger partial charge on any atom is -0.387 e. The van der Waals surface area contributed by atoms with Crippen molar-refractivity contribution < 1.29 is 90.7 Å². The highest BCUT2D eigenvalue weighted by molar-refractivity contribution is 7.61. The van der Waals surface area contributed by atoms with E-state index in [1.165, 1.54) is 6.20 Å². The second-order valence-electron chi connectivity index (χ2n) is 11.0. The van der Waals surface area contributed by atoms with Crippen LogP contribution in [0.3, 0.4) is 0 Å². The number of nitrogens with one attached hydrogen (secondary N) is 1. The van der Waals surface area contributed by atoms with Crippen molar-refractivity contribution in [2.45, 2.75) is 68.1 Å². The molecule has 2 fully saturated rings. The molecule has 28 heteroatoms. The number of nitrogens with two attached hydrogens (primary N) is 2. The highest BCUT2D eigenvalue weighted by Crippen LogP contribution is 2.61. The Hall–Kier alpha value is -2.35. The smallest absolute Gasteiger partial charge is 0.387 e. The molecule has 13 N–H and O–H groups in total. The summed E-state index contributed by atoms with van der Waals surface area (Å²) < 4.78 is 67.2. The lowest BCUT2D eigenvalue weighted by Crippen LogP contribution is -3.17. The third-order valence-electron chi connectivity index (χ3n) is 7.66. The maximum atomic E-state index is 12.6. The quantitative estimate of drug-likeness (QED) is 0.0852. The summed E-state index contributed by atoms with van der Waals surface area (Å²) >= 11 is 0. The first-order valence-corrected chi connectivity index (χ1v) is 18.5. The Morgan fingerprint density at radius 2 is 1.59 bits per heavy atom. The predicted molar refractivity (Wildman–Crippen MR) is 153 cm³/mol. The molecule has 0 aromatic carbocycles. The van der Waals surface area contributed by atoms with E-state index in [0.29, 0.717) is 0 Å². The van der Waals surface area contributed by atoms with Crippen LogP contribution in [0.4, 0.5) is 5.82 Å². The summed E-state index contributed by atoms with van der Waals surface area (Å²) in [5, 5.41) is 42.0. The monoisotopic (exact) mass is 764 g/mol. The highest BCUT2D eigenvalue weighted by Gasteiger charge is 2.52. The van der Waals surface area contributed by atoms with Gasteiger partial charge in [-0.05, 0) is 6.42 Å². The van der Waals surface area contributed by atoms with E-state index in [1.54, 1.807) is 0 Å². The summed E-state index contributed by atoms with van der Waals surface area (Å²) in [6.45, 7) is -2.09. The van der Waals surface area contributed by atoms with Crippen LogP contribution in [0.5, 0.6) is 0 Å². The van der Waals surface area contributed by atoms with Crippen LogP contribution >= 0.6 is 23.5 Å². The van der Waals surface area contributed by atoms with Crippen molar-refractivity contribution in [3.05, 3.63) is 24.4 Å². The number of fused-ring (bicyclic) bond motifs is 1. The van der Waals surface area contributed by atoms with E-state index in [2.05, 4.69) is 23.8 Å². The van der Waals surface area contributed by atoms with Gasteiger partial charge in [-0.2, -0.15) is 4.31 Å². The number of aliphatic hydroxyl groups excluding tert-OH is 4. The van der Waals surface area contributed by atoms with Crippen molar-refractivity contribution in [3.8, 4) is 0 Å². The molecule has 2 aromatic rings. The third kappa shape index (κ3) is 8.59. The lowest BCUT2D eigenvalue weighted by molar-refractivity contribution is -0.950. The number of anilines is 1.